The van der Waals surface area contributed by atoms with Gasteiger partial charge in [-0.15, -0.1) is 0 Å². The zero-order chi connectivity index (χ0) is 14.5. The predicted molar refractivity (Wildman–Crippen MR) is 75.7 cm³/mol. The topological polar surface area (TPSA) is 50.1 Å². The van der Waals surface area contributed by atoms with E-state index in [-0.39, 0.29) is 11.4 Å². The number of carbonyl (C=O) groups excluding carboxylic acids is 1. The highest BCUT2D eigenvalue weighted by Gasteiger charge is 2.24. The standard InChI is InChI=1S/C16H19NO2/c1-5-19-14-8-6-12(7-9-14)10-13(11-17)15(18)16(2,3)4/h6-10H,5H2,1-4H3/b13-10+. The predicted octanol–water partition coefficient (Wildman–Crippen LogP) is 3.61. The number of nitrogens with zero attached hydrogens (tertiary/aromatic N) is 1. The molecule has 19 heavy (non-hydrogen) atoms. The zero-order valence-electron chi connectivity index (χ0n) is 11.9. The van der Waals surface area contributed by atoms with Crippen molar-refractivity contribution >= 4 is 11.9 Å². The lowest BCUT2D eigenvalue weighted by molar-refractivity contribution is -0.121. The number of hydrogen-bond donors (Lipinski definition) is 0. The van der Waals surface area contributed by atoms with Crippen LogP contribution in [0.4, 0.5) is 0 Å². The molecule has 1 rings (SSSR count). The van der Waals surface area contributed by atoms with E-state index in [9.17, 15) is 4.79 Å². The van der Waals surface area contributed by atoms with Crippen molar-refractivity contribution in [3.05, 3.63) is 35.4 Å². The third-order valence-corrected chi connectivity index (χ3v) is 2.55. The minimum Gasteiger partial charge on any atom is -0.494 e. The van der Waals surface area contributed by atoms with E-state index in [2.05, 4.69) is 0 Å². The molecular weight excluding hydrogens is 238 g/mol. The summed E-state index contributed by atoms with van der Waals surface area (Å²) < 4.78 is 5.34. The van der Waals surface area contributed by atoms with Gasteiger partial charge in [-0.1, -0.05) is 32.9 Å². The molecule has 0 saturated carbocycles. The molecule has 0 bridgehead atoms. The van der Waals surface area contributed by atoms with Gasteiger partial charge in [0.25, 0.3) is 0 Å². The molecule has 3 nitrogen and oxygen atoms in total. The van der Waals surface area contributed by atoms with Crippen LogP contribution in [0.3, 0.4) is 0 Å². The van der Waals surface area contributed by atoms with Crippen molar-refractivity contribution in [3.63, 3.8) is 0 Å². The van der Waals surface area contributed by atoms with Crippen molar-refractivity contribution in [3.8, 4) is 11.8 Å². The van der Waals surface area contributed by atoms with Crippen LogP contribution in [0.5, 0.6) is 5.75 Å². The average Bonchev–Trinajstić information content (AvgIpc) is 2.36. The van der Waals surface area contributed by atoms with Gasteiger partial charge < -0.3 is 4.74 Å². The highest BCUT2D eigenvalue weighted by molar-refractivity contribution is 6.06. The first-order valence-corrected chi connectivity index (χ1v) is 6.28. The molecule has 0 fully saturated rings. The first-order valence-electron chi connectivity index (χ1n) is 6.28. The Morgan fingerprint density at radius 1 is 1.32 bits per heavy atom. The second-order valence-electron chi connectivity index (χ2n) is 5.25. The summed E-state index contributed by atoms with van der Waals surface area (Å²) in [5, 5.41) is 9.10. The van der Waals surface area contributed by atoms with Gasteiger partial charge in [0, 0.05) is 5.41 Å². The van der Waals surface area contributed by atoms with Crippen LogP contribution in [0.1, 0.15) is 33.3 Å². The van der Waals surface area contributed by atoms with Crippen LogP contribution >= 0.6 is 0 Å². The highest BCUT2D eigenvalue weighted by atomic mass is 16.5. The molecule has 0 heterocycles. The Labute approximate surface area is 114 Å². The molecule has 0 saturated heterocycles. The van der Waals surface area contributed by atoms with E-state index in [1.54, 1.807) is 26.8 Å². The van der Waals surface area contributed by atoms with E-state index >= 15 is 0 Å². The fourth-order valence-electron chi connectivity index (χ4n) is 1.55. The van der Waals surface area contributed by atoms with Gasteiger partial charge in [-0.05, 0) is 30.7 Å². The molecule has 0 amide bonds. The second kappa shape index (κ2) is 6.19. The molecule has 0 atom stereocenters. The molecule has 0 radical (unpaired) electrons. The molecule has 1 aromatic carbocycles. The number of benzene rings is 1. The van der Waals surface area contributed by atoms with Gasteiger partial charge >= 0.3 is 0 Å². The van der Waals surface area contributed by atoms with Crippen molar-refractivity contribution < 1.29 is 9.53 Å². The normalized spacial score (nSPS) is 11.8. The van der Waals surface area contributed by atoms with Gasteiger partial charge in [0.2, 0.25) is 0 Å². The fraction of sp³-hybridized carbons (Fsp3) is 0.375. The lowest BCUT2D eigenvalue weighted by Gasteiger charge is -2.15. The van der Waals surface area contributed by atoms with Crippen molar-refractivity contribution in [1.29, 1.82) is 5.26 Å². The fourth-order valence-corrected chi connectivity index (χ4v) is 1.55. The Kier molecular flexibility index (Phi) is 4.88. The van der Waals surface area contributed by atoms with Crippen molar-refractivity contribution in [1.82, 2.24) is 0 Å². The summed E-state index contributed by atoms with van der Waals surface area (Å²) in [6, 6.07) is 9.29. The maximum Gasteiger partial charge on any atom is 0.178 e. The molecule has 0 aliphatic rings. The smallest absolute Gasteiger partial charge is 0.178 e. The monoisotopic (exact) mass is 257 g/mol. The van der Waals surface area contributed by atoms with Gasteiger partial charge in [-0.25, -0.2) is 0 Å². The molecule has 0 aromatic heterocycles. The second-order valence-corrected chi connectivity index (χ2v) is 5.25. The highest BCUT2D eigenvalue weighted by Crippen LogP contribution is 2.22. The summed E-state index contributed by atoms with van der Waals surface area (Å²) in [7, 11) is 0. The van der Waals surface area contributed by atoms with E-state index in [0.29, 0.717) is 6.61 Å². The Morgan fingerprint density at radius 3 is 2.32 bits per heavy atom. The molecule has 3 heteroatoms. The van der Waals surface area contributed by atoms with Gasteiger partial charge in [0.05, 0.1) is 12.2 Å². The van der Waals surface area contributed by atoms with Crippen molar-refractivity contribution in [2.24, 2.45) is 5.41 Å². The molecule has 0 N–H and O–H groups in total. The minimum atomic E-state index is -0.549. The van der Waals surface area contributed by atoms with E-state index in [0.717, 1.165) is 11.3 Å². The van der Waals surface area contributed by atoms with Crippen LogP contribution in [-0.4, -0.2) is 12.4 Å². The van der Waals surface area contributed by atoms with Gasteiger partial charge in [-0.2, -0.15) is 5.26 Å². The number of Topliss-reactive ketones (excluding diaryl/α,β-unsaturated/α-hetero) is 1. The third kappa shape index (κ3) is 4.26. The van der Waals surface area contributed by atoms with Crippen LogP contribution in [0, 0.1) is 16.7 Å². The van der Waals surface area contributed by atoms with E-state index < -0.39 is 5.41 Å². The van der Waals surface area contributed by atoms with Crippen LogP contribution < -0.4 is 4.74 Å². The van der Waals surface area contributed by atoms with Crippen molar-refractivity contribution in [2.75, 3.05) is 6.61 Å². The summed E-state index contributed by atoms with van der Waals surface area (Å²) in [6.07, 6.45) is 1.61. The maximum atomic E-state index is 12.1. The van der Waals surface area contributed by atoms with Crippen LogP contribution in [0.25, 0.3) is 6.08 Å². The number of nitriles is 1. The van der Waals surface area contributed by atoms with Crippen LogP contribution in [0.2, 0.25) is 0 Å². The van der Waals surface area contributed by atoms with Crippen LogP contribution in [0.15, 0.2) is 29.8 Å². The number of ketones is 1. The van der Waals surface area contributed by atoms with Gasteiger partial charge in [0.15, 0.2) is 5.78 Å². The first-order chi connectivity index (χ1) is 8.88. The minimum absolute atomic E-state index is 0.149. The summed E-state index contributed by atoms with van der Waals surface area (Å²) in [6.45, 7) is 7.95. The molecule has 0 aliphatic carbocycles. The summed E-state index contributed by atoms with van der Waals surface area (Å²) in [5.74, 6) is 0.629. The molecular formula is C16H19NO2. The number of hydrogen-bond acceptors (Lipinski definition) is 3. The Hall–Kier alpha value is -2.08. The van der Waals surface area contributed by atoms with E-state index in [1.165, 1.54) is 0 Å². The molecule has 0 spiro atoms. The number of allylic oxidation sites excluding steroid dienone is 1. The lowest BCUT2D eigenvalue weighted by atomic mass is 9.86. The third-order valence-electron chi connectivity index (χ3n) is 2.55. The first kappa shape index (κ1) is 15.0. The van der Waals surface area contributed by atoms with Gasteiger partial charge in [0.1, 0.15) is 11.8 Å². The largest absolute Gasteiger partial charge is 0.494 e. The van der Waals surface area contributed by atoms with E-state index in [4.69, 9.17) is 10.00 Å². The Morgan fingerprint density at radius 2 is 1.89 bits per heavy atom. The Balaban J connectivity index is 2.99. The van der Waals surface area contributed by atoms with Crippen LogP contribution in [-0.2, 0) is 4.79 Å². The maximum absolute atomic E-state index is 12.1. The number of rotatable bonds is 4. The Bertz CT molecular complexity index is 513. The molecule has 100 valence electrons. The quantitative estimate of drug-likeness (QED) is 0.611. The summed E-state index contributed by atoms with van der Waals surface area (Å²) >= 11 is 0. The van der Waals surface area contributed by atoms with Gasteiger partial charge in [-0.3, -0.25) is 4.79 Å². The molecule has 1 aromatic rings. The van der Waals surface area contributed by atoms with Crippen molar-refractivity contribution in [2.45, 2.75) is 27.7 Å². The van der Waals surface area contributed by atoms with E-state index in [1.807, 2.05) is 37.3 Å². The lowest BCUT2D eigenvalue weighted by Crippen LogP contribution is -2.21. The number of ether oxygens (including phenoxy) is 1. The summed E-state index contributed by atoms with van der Waals surface area (Å²) in [5.41, 5.74) is 0.446. The summed E-state index contributed by atoms with van der Waals surface area (Å²) in [4.78, 5) is 12.1. The molecule has 0 aliphatic heterocycles. The average molecular weight is 257 g/mol. The zero-order valence-corrected chi connectivity index (χ0v) is 11.9. The molecule has 0 unspecified atom stereocenters. The SMILES string of the molecule is CCOc1ccc(/C=C(\C#N)C(=O)C(C)(C)C)cc1. The number of carbonyl (C=O) groups is 1.